The van der Waals surface area contributed by atoms with E-state index in [1.165, 1.54) is 24.0 Å². The zero-order chi connectivity index (χ0) is 18.6. The lowest BCUT2D eigenvalue weighted by atomic mass is 9.98. The van der Waals surface area contributed by atoms with Gasteiger partial charge in [-0.15, -0.1) is 0 Å². The number of pyridine rings is 1. The fourth-order valence-corrected chi connectivity index (χ4v) is 3.89. The molecule has 0 radical (unpaired) electrons. The van der Waals surface area contributed by atoms with Crippen molar-refractivity contribution in [2.24, 2.45) is 5.92 Å². The van der Waals surface area contributed by atoms with Gasteiger partial charge in [0.25, 0.3) is 0 Å². The zero-order valence-corrected chi connectivity index (χ0v) is 16.0. The average molecular weight is 367 g/mol. The Kier molecular flexibility index (Phi) is 5.48. The van der Waals surface area contributed by atoms with Crippen molar-refractivity contribution in [3.05, 3.63) is 47.7 Å². The highest BCUT2D eigenvalue weighted by atomic mass is 16.5. The van der Waals surface area contributed by atoms with Crippen LogP contribution in [0.1, 0.15) is 42.7 Å². The summed E-state index contributed by atoms with van der Waals surface area (Å²) in [5.41, 5.74) is 3.90. The van der Waals surface area contributed by atoms with Gasteiger partial charge in [-0.1, -0.05) is 6.07 Å². The maximum absolute atomic E-state index is 9.28. The van der Waals surface area contributed by atoms with Crippen molar-refractivity contribution in [1.82, 2.24) is 4.98 Å². The molecule has 2 fully saturated rings. The fourth-order valence-electron chi connectivity index (χ4n) is 3.89. The van der Waals surface area contributed by atoms with Crippen molar-refractivity contribution >= 4 is 11.5 Å². The molecule has 2 aliphatic rings. The number of hydrogen-bond donors (Lipinski definition) is 2. The number of ether oxygens (including phenoxy) is 1. The summed E-state index contributed by atoms with van der Waals surface area (Å²) >= 11 is 0. The standard InChI is InChI=1S/C22H29N3O2/c1-27-20-5-6-21(17-2-3-17)18(12-20)13-23-22-7-4-19(14-24-22)25-10-8-16(15-26)9-11-25/h4-7,12,14,16-17,26H,2-3,8-11,13,15H2,1H3,(H,23,24). The highest BCUT2D eigenvalue weighted by molar-refractivity contribution is 5.50. The van der Waals surface area contributed by atoms with Crippen LogP contribution in [0.4, 0.5) is 11.5 Å². The van der Waals surface area contributed by atoms with E-state index in [1.807, 2.05) is 6.20 Å². The minimum Gasteiger partial charge on any atom is -0.497 e. The molecule has 1 saturated heterocycles. The molecule has 144 valence electrons. The third-order valence-corrected chi connectivity index (χ3v) is 5.81. The van der Waals surface area contributed by atoms with Crippen LogP contribution < -0.4 is 15.0 Å². The molecule has 0 unspecified atom stereocenters. The highest BCUT2D eigenvalue weighted by Gasteiger charge is 2.26. The molecule has 1 aliphatic heterocycles. The number of aromatic nitrogens is 1. The van der Waals surface area contributed by atoms with Crippen molar-refractivity contribution in [3.8, 4) is 5.75 Å². The molecule has 2 aromatic rings. The third-order valence-electron chi connectivity index (χ3n) is 5.81. The first-order valence-corrected chi connectivity index (χ1v) is 9.99. The Morgan fingerprint density at radius 3 is 2.59 bits per heavy atom. The molecule has 2 N–H and O–H groups in total. The van der Waals surface area contributed by atoms with E-state index in [2.05, 4.69) is 45.5 Å². The van der Waals surface area contributed by atoms with Gasteiger partial charge in [0.15, 0.2) is 0 Å². The van der Waals surface area contributed by atoms with Crippen molar-refractivity contribution < 1.29 is 9.84 Å². The maximum Gasteiger partial charge on any atom is 0.126 e. The van der Waals surface area contributed by atoms with Crippen molar-refractivity contribution in [2.75, 3.05) is 37.0 Å². The Morgan fingerprint density at radius 2 is 1.96 bits per heavy atom. The monoisotopic (exact) mass is 367 g/mol. The summed E-state index contributed by atoms with van der Waals surface area (Å²) in [6.07, 6.45) is 6.64. The van der Waals surface area contributed by atoms with Crippen LogP contribution in [0.5, 0.6) is 5.75 Å². The van der Waals surface area contributed by atoms with E-state index in [4.69, 9.17) is 4.74 Å². The predicted octanol–water partition coefficient (Wildman–Crippen LogP) is 3.79. The Hall–Kier alpha value is -2.27. The van der Waals surface area contributed by atoms with Gasteiger partial charge in [0, 0.05) is 26.2 Å². The topological polar surface area (TPSA) is 57.6 Å². The number of nitrogens with one attached hydrogen (secondary N) is 1. The summed E-state index contributed by atoms with van der Waals surface area (Å²) < 4.78 is 5.40. The van der Waals surface area contributed by atoms with Gasteiger partial charge in [-0.3, -0.25) is 0 Å². The summed E-state index contributed by atoms with van der Waals surface area (Å²) in [5.74, 6) is 2.97. The first-order valence-electron chi connectivity index (χ1n) is 9.99. The van der Waals surface area contributed by atoms with E-state index < -0.39 is 0 Å². The van der Waals surface area contributed by atoms with E-state index in [-0.39, 0.29) is 0 Å². The van der Waals surface area contributed by atoms with Crippen molar-refractivity contribution in [1.29, 1.82) is 0 Å². The van der Waals surface area contributed by atoms with E-state index in [0.29, 0.717) is 18.4 Å². The summed E-state index contributed by atoms with van der Waals surface area (Å²) in [7, 11) is 1.72. The smallest absolute Gasteiger partial charge is 0.126 e. The summed E-state index contributed by atoms with van der Waals surface area (Å²) in [6, 6.07) is 10.6. The van der Waals surface area contributed by atoms with E-state index in [9.17, 15) is 5.11 Å². The molecule has 0 bridgehead atoms. The van der Waals surface area contributed by atoms with E-state index in [1.54, 1.807) is 7.11 Å². The number of hydrogen-bond acceptors (Lipinski definition) is 5. The minimum atomic E-state index is 0.308. The predicted molar refractivity (Wildman–Crippen MR) is 109 cm³/mol. The second-order valence-corrected chi connectivity index (χ2v) is 7.71. The molecular formula is C22H29N3O2. The average Bonchev–Trinajstić information content (AvgIpc) is 3.58. The molecule has 0 amide bonds. The third kappa shape index (κ3) is 4.35. The molecule has 1 aromatic carbocycles. The summed E-state index contributed by atoms with van der Waals surface area (Å²) in [5, 5.41) is 12.7. The van der Waals surface area contributed by atoms with Gasteiger partial charge in [-0.25, -0.2) is 4.98 Å². The van der Waals surface area contributed by atoms with Crippen molar-refractivity contribution in [3.63, 3.8) is 0 Å². The molecule has 1 aromatic heterocycles. The van der Waals surface area contributed by atoms with Crippen molar-refractivity contribution in [2.45, 2.75) is 38.1 Å². The molecule has 4 rings (SSSR count). The number of nitrogens with zero attached hydrogens (tertiary/aromatic N) is 2. The minimum absolute atomic E-state index is 0.308. The largest absolute Gasteiger partial charge is 0.497 e. The molecule has 1 aliphatic carbocycles. The van der Waals surface area contributed by atoms with Gasteiger partial charge < -0.3 is 20.1 Å². The number of rotatable bonds is 7. The lowest BCUT2D eigenvalue weighted by molar-refractivity contribution is 0.203. The molecule has 0 atom stereocenters. The number of aliphatic hydroxyl groups is 1. The lowest BCUT2D eigenvalue weighted by Crippen LogP contribution is -2.34. The highest BCUT2D eigenvalue weighted by Crippen LogP contribution is 2.42. The fraction of sp³-hybridized carbons (Fsp3) is 0.500. The van der Waals surface area contributed by atoms with Gasteiger partial charge in [0.2, 0.25) is 0 Å². The van der Waals surface area contributed by atoms with Gasteiger partial charge in [0.1, 0.15) is 11.6 Å². The number of methoxy groups -OCH3 is 1. The van der Waals surface area contributed by atoms with Crippen LogP contribution in [-0.4, -0.2) is 36.9 Å². The number of piperidine rings is 1. The molecule has 0 spiro atoms. The van der Waals surface area contributed by atoms with Gasteiger partial charge in [-0.2, -0.15) is 0 Å². The maximum atomic E-state index is 9.28. The molecule has 27 heavy (non-hydrogen) atoms. The summed E-state index contributed by atoms with van der Waals surface area (Å²) in [4.78, 5) is 6.96. The van der Waals surface area contributed by atoms with Crippen LogP contribution in [0.25, 0.3) is 0 Å². The zero-order valence-electron chi connectivity index (χ0n) is 16.0. The van der Waals surface area contributed by atoms with E-state index in [0.717, 1.165) is 49.7 Å². The molecule has 2 heterocycles. The second-order valence-electron chi connectivity index (χ2n) is 7.71. The molecule has 5 heteroatoms. The van der Waals surface area contributed by atoms with Crippen LogP contribution in [0, 0.1) is 5.92 Å². The summed E-state index contributed by atoms with van der Waals surface area (Å²) in [6.45, 7) is 3.06. The Balaban J connectivity index is 1.38. The van der Waals surface area contributed by atoms with Crippen LogP contribution in [0.15, 0.2) is 36.5 Å². The Labute approximate surface area is 161 Å². The van der Waals surface area contributed by atoms with Crippen LogP contribution in [-0.2, 0) is 6.54 Å². The number of aliphatic hydroxyl groups excluding tert-OH is 1. The molecule has 5 nitrogen and oxygen atoms in total. The Bertz CT molecular complexity index is 751. The lowest BCUT2D eigenvalue weighted by Gasteiger charge is -2.32. The second kappa shape index (κ2) is 8.17. The first kappa shape index (κ1) is 18.1. The van der Waals surface area contributed by atoms with E-state index >= 15 is 0 Å². The van der Waals surface area contributed by atoms with Crippen LogP contribution >= 0.6 is 0 Å². The van der Waals surface area contributed by atoms with Gasteiger partial charge in [-0.05, 0) is 72.9 Å². The normalized spacial score (nSPS) is 17.8. The van der Waals surface area contributed by atoms with Crippen LogP contribution in [0.2, 0.25) is 0 Å². The van der Waals surface area contributed by atoms with Gasteiger partial charge >= 0.3 is 0 Å². The van der Waals surface area contributed by atoms with Crippen LogP contribution in [0.3, 0.4) is 0 Å². The molecular weight excluding hydrogens is 338 g/mol. The first-order chi connectivity index (χ1) is 13.3. The number of anilines is 2. The quantitative estimate of drug-likeness (QED) is 0.780. The van der Waals surface area contributed by atoms with Gasteiger partial charge in [0.05, 0.1) is 19.0 Å². The molecule has 1 saturated carbocycles. The number of benzene rings is 1. The Morgan fingerprint density at radius 1 is 1.15 bits per heavy atom. The SMILES string of the molecule is COc1ccc(C2CC2)c(CNc2ccc(N3CCC(CO)CC3)cn2)c1.